The van der Waals surface area contributed by atoms with Gasteiger partial charge in [0.05, 0.1) is 25.2 Å². The van der Waals surface area contributed by atoms with Crippen molar-refractivity contribution in [2.75, 3.05) is 19.6 Å². The molecule has 0 aliphatic heterocycles. The van der Waals surface area contributed by atoms with Crippen LogP contribution in [0.5, 0.6) is 0 Å². The van der Waals surface area contributed by atoms with E-state index in [-0.39, 0.29) is 5.48 Å². The normalized spacial score (nSPS) is 12.3. The van der Waals surface area contributed by atoms with Crippen LogP contribution >= 0.6 is 0 Å². The van der Waals surface area contributed by atoms with Crippen LogP contribution in [0, 0.1) is 0 Å². The molecule has 2 heteroatoms. The Labute approximate surface area is 116 Å². The molecule has 0 fully saturated rings. The van der Waals surface area contributed by atoms with Crippen LogP contribution in [0.25, 0.3) is 0 Å². The summed E-state index contributed by atoms with van der Waals surface area (Å²) >= 11 is 0. The third-order valence-electron chi connectivity index (χ3n) is 4.24. The Balaban J connectivity index is 0. The van der Waals surface area contributed by atoms with E-state index in [0.29, 0.717) is 5.54 Å². The average molecular weight is 259 g/mol. The highest BCUT2D eigenvalue weighted by Gasteiger charge is 2.38. The zero-order valence-corrected chi connectivity index (χ0v) is 13.8. The number of rotatable bonds is 9. The summed E-state index contributed by atoms with van der Waals surface area (Å²) in [4.78, 5) is 0. The summed E-state index contributed by atoms with van der Waals surface area (Å²) in [5, 5.41) is 0. The first kappa shape index (κ1) is 20.2. The summed E-state index contributed by atoms with van der Waals surface area (Å²) in [6.45, 7) is 18.4. The Morgan fingerprint density at radius 3 is 1.11 bits per heavy atom. The van der Waals surface area contributed by atoms with Crippen molar-refractivity contribution in [3.8, 4) is 0 Å². The van der Waals surface area contributed by atoms with Crippen molar-refractivity contribution < 1.29 is 9.96 Å². The van der Waals surface area contributed by atoms with E-state index in [2.05, 4.69) is 41.5 Å². The molecular weight excluding hydrogens is 222 g/mol. The lowest BCUT2D eigenvalue weighted by Crippen LogP contribution is -2.61. The Bertz CT molecular complexity index is 162. The van der Waals surface area contributed by atoms with Crippen molar-refractivity contribution in [1.29, 1.82) is 0 Å². The van der Waals surface area contributed by atoms with Crippen LogP contribution in [0.2, 0.25) is 0 Å². The molecule has 0 aromatic heterocycles. The maximum Gasteiger partial charge on any atom is 0.0907 e. The molecule has 0 radical (unpaired) electrons. The zero-order valence-electron chi connectivity index (χ0n) is 13.8. The van der Waals surface area contributed by atoms with Gasteiger partial charge in [-0.1, -0.05) is 40.0 Å². The molecule has 18 heavy (non-hydrogen) atoms. The lowest BCUT2D eigenvalue weighted by atomic mass is 9.97. The second kappa shape index (κ2) is 9.80. The Morgan fingerprint density at radius 1 is 0.667 bits per heavy atom. The van der Waals surface area contributed by atoms with E-state index in [9.17, 15) is 0 Å². The minimum absolute atomic E-state index is 0. The second-order valence-electron chi connectivity index (χ2n) is 6.55. The highest BCUT2D eigenvalue weighted by molar-refractivity contribution is 4.65. The number of quaternary nitrogens is 1. The SMILES string of the molecule is CCCC[N+](CCCC)(CCCC)C(C)(C)C.[OH-]. The molecule has 0 spiro atoms. The molecule has 0 bridgehead atoms. The van der Waals surface area contributed by atoms with Crippen LogP contribution in [0.15, 0.2) is 0 Å². The molecule has 1 N–H and O–H groups in total. The van der Waals surface area contributed by atoms with Gasteiger partial charge in [-0.25, -0.2) is 0 Å². The standard InChI is InChI=1S/C16H36N.H2O/c1-7-10-13-17(14-11-8-2,15-12-9-3)16(4,5)6;/h7-15H2,1-6H3;1H2/q+1;/p-1. The molecule has 0 heterocycles. The predicted octanol–water partition coefficient (Wildman–Crippen LogP) is 4.83. The summed E-state index contributed by atoms with van der Waals surface area (Å²) in [5.41, 5.74) is 0.402. The summed E-state index contributed by atoms with van der Waals surface area (Å²) in [6.07, 6.45) is 8.12. The molecule has 0 aromatic rings. The first-order valence-corrected chi connectivity index (χ1v) is 7.79. The van der Waals surface area contributed by atoms with Crippen LogP contribution < -0.4 is 0 Å². The fourth-order valence-electron chi connectivity index (χ4n) is 2.72. The van der Waals surface area contributed by atoms with Crippen LogP contribution in [0.3, 0.4) is 0 Å². The van der Waals surface area contributed by atoms with Crippen molar-refractivity contribution in [2.24, 2.45) is 0 Å². The molecule has 0 amide bonds. The summed E-state index contributed by atoms with van der Waals surface area (Å²) in [6, 6.07) is 0. The molecule has 2 nitrogen and oxygen atoms in total. The maximum absolute atomic E-state index is 2.44. The molecule has 0 saturated carbocycles. The van der Waals surface area contributed by atoms with Gasteiger partial charge in [0.15, 0.2) is 0 Å². The Kier molecular flexibility index (Phi) is 11.0. The minimum Gasteiger partial charge on any atom is -0.870 e. The first-order chi connectivity index (χ1) is 7.93. The highest BCUT2D eigenvalue weighted by Crippen LogP contribution is 2.27. The molecule has 0 rings (SSSR count). The van der Waals surface area contributed by atoms with Gasteiger partial charge in [-0.2, -0.15) is 0 Å². The topological polar surface area (TPSA) is 30.0 Å². The maximum atomic E-state index is 2.44. The van der Waals surface area contributed by atoms with Gasteiger partial charge in [0, 0.05) is 0 Å². The molecule has 0 aliphatic carbocycles. The quantitative estimate of drug-likeness (QED) is 0.546. The predicted molar refractivity (Wildman–Crippen MR) is 81.3 cm³/mol. The lowest BCUT2D eigenvalue weighted by Gasteiger charge is -2.49. The number of hydrogen-bond donors (Lipinski definition) is 0. The second-order valence-corrected chi connectivity index (χ2v) is 6.55. The first-order valence-electron chi connectivity index (χ1n) is 7.79. The van der Waals surface area contributed by atoms with E-state index in [1.165, 1.54) is 62.6 Å². The van der Waals surface area contributed by atoms with Gasteiger partial charge in [0.1, 0.15) is 0 Å². The van der Waals surface area contributed by atoms with Crippen molar-refractivity contribution in [2.45, 2.75) is 85.6 Å². The van der Waals surface area contributed by atoms with E-state index in [4.69, 9.17) is 0 Å². The van der Waals surface area contributed by atoms with Gasteiger partial charge in [-0.3, -0.25) is 0 Å². The molecule has 0 aromatic carbocycles. The van der Waals surface area contributed by atoms with Gasteiger partial charge in [0.25, 0.3) is 0 Å². The number of unbranched alkanes of at least 4 members (excludes halogenated alkanes) is 3. The molecule has 0 saturated heterocycles. The third kappa shape index (κ3) is 6.19. The monoisotopic (exact) mass is 259 g/mol. The van der Waals surface area contributed by atoms with Gasteiger partial charge in [0.2, 0.25) is 0 Å². The van der Waals surface area contributed by atoms with Gasteiger partial charge in [-0.05, 0) is 40.0 Å². The van der Waals surface area contributed by atoms with Crippen molar-refractivity contribution in [3.63, 3.8) is 0 Å². The fourth-order valence-corrected chi connectivity index (χ4v) is 2.72. The van der Waals surface area contributed by atoms with Crippen LogP contribution in [0.1, 0.15) is 80.1 Å². The molecule has 0 unspecified atom stereocenters. The van der Waals surface area contributed by atoms with E-state index < -0.39 is 0 Å². The van der Waals surface area contributed by atoms with Crippen LogP contribution in [-0.4, -0.2) is 35.1 Å². The van der Waals surface area contributed by atoms with Crippen molar-refractivity contribution >= 4 is 0 Å². The smallest absolute Gasteiger partial charge is 0.0907 e. The Hall–Kier alpha value is -0.0800. The van der Waals surface area contributed by atoms with E-state index in [1.54, 1.807) is 0 Å². The third-order valence-corrected chi connectivity index (χ3v) is 4.24. The van der Waals surface area contributed by atoms with E-state index in [1.807, 2.05) is 0 Å². The molecule has 0 atom stereocenters. The van der Waals surface area contributed by atoms with Gasteiger partial charge in [-0.15, -0.1) is 0 Å². The number of nitrogens with zero attached hydrogens (tertiary/aromatic N) is 1. The molecular formula is C16H37NO. The lowest BCUT2D eigenvalue weighted by molar-refractivity contribution is -0.971. The molecule has 0 aliphatic rings. The van der Waals surface area contributed by atoms with Crippen LogP contribution in [-0.2, 0) is 0 Å². The van der Waals surface area contributed by atoms with Crippen molar-refractivity contribution in [3.05, 3.63) is 0 Å². The van der Waals surface area contributed by atoms with Crippen LogP contribution in [0.4, 0.5) is 0 Å². The highest BCUT2D eigenvalue weighted by atomic mass is 16.0. The summed E-state index contributed by atoms with van der Waals surface area (Å²) in [7, 11) is 0. The fraction of sp³-hybridized carbons (Fsp3) is 1.00. The largest absolute Gasteiger partial charge is 0.870 e. The Morgan fingerprint density at radius 2 is 0.944 bits per heavy atom. The van der Waals surface area contributed by atoms with Crippen molar-refractivity contribution in [1.82, 2.24) is 0 Å². The zero-order chi connectivity index (χ0) is 13.4. The van der Waals surface area contributed by atoms with Gasteiger partial charge < -0.3 is 9.96 Å². The van der Waals surface area contributed by atoms with E-state index >= 15 is 0 Å². The van der Waals surface area contributed by atoms with E-state index in [0.717, 1.165) is 0 Å². The van der Waals surface area contributed by atoms with Gasteiger partial charge >= 0.3 is 0 Å². The summed E-state index contributed by atoms with van der Waals surface area (Å²) in [5.74, 6) is 0. The average Bonchev–Trinajstić information content (AvgIpc) is 2.27. The summed E-state index contributed by atoms with van der Waals surface area (Å²) < 4.78 is 1.34. The minimum atomic E-state index is 0. The molecule has 112 valence electrons. The number of hydrogen-bond acceptors (Lipinski definition) is 1.